The Morgan fingerprint density at radius 2 is 2.06 bits per heavy atom. The Morgan fingerprint density at radius 1 is 1.28 bits per heavy atom. The molecule has 1 aliphatic heterocycles. The van der Waals surface area contributed by atoms with Gasteiger partial charge < -0.3 is 15.5 Å². The van der Waals surface area contributed by atoms with Crippen LogP contribution >= 0.6 is 0 Å². The van der Waals surface area contributed by atoms with Crippen LogP contribution in [0.2, 0.25) is 0 Å². The van der Waals surface area contributed by atoms with Crippen molar-refractivity contribution in [3.05, 3.63) is 0 Å². The number of nitrogens with zero attached hydrogens (tertiary/aromatic N) is 1. The molecule has 18 heavy (non-hydrogen) atoms. The second-order valence-electron chi connectivity index (χ2n) is 5.75. The van der Waals surface area contributed by atoms with Crippen molar-refractivity contribution in [1.82, 2.24) is 10.2 Å². The first kappa shape index (κ1) is 13.8. The monoisotopic (exact) mass is 256 g/mol. The van der Waals surface area contributed by atoms with E-state index in [0.29, 0.717) is 12.0 Å². The van der Waals surface area contributed by atoms with Crippen LogP contribution in [0.15, 0.2) is 0 Å². The van der Waals surface area contributed by atoms with Crippen LogP contribution in [0.25, 0.3) is 0 Å². The summed E-state index contributed by atoms with van der Waals surface area (Å²) in [4.78, 5) is 12.8. The molecule has 0 aromatic heterocycles. The number of hydrogen-bond acceptors (Lipinski definition) is 4. The second-order valence-corrected chi connectivity index (χ2v) is 5.75. The summed E-state index contributed by atoms with van der Waals surface area (Å²) in [5, 5.41) is 21.5. The average molecular weight is 256 g/mol. The molecule has 2 aliphatic rings. The van der Waals surface area contributed by atoms with E-state index < -0.39 is 5.97 Å². The van der Waals surface area contributed by atoms with Crippen LogP contribution in [0.5, 0.6) is 0 Å². The summed E-state index contributed by atoms with van der Waals surface area (Å²) < 4.78 is 0. The topological polar surface area (TPSA) is 72.8 Å². The van der Waals surface area contributed by atoms with Crippen LogP contribution in [0.3, 0.4) is 0 Å². The molecular weight excluding hydrogens is 232 g/mol. The summed E-state index contributed by atoms with van der Waals surface area (Å²) in [6.45, 7) is 3.00. The van der Waals surface area contributed by atoms with Gasteiger partial charge in [0.05, 0.1) is 6.54 Å². The lowest BCUT2D eigenvalue weighted by molar-refractivity contribution is -0.138. The van der Waals surface area contributed by atoms with E-state index in [1.807, 2.05) is 4.90 Å². The fourth-order valence-corrected chi connectivity index (χ4v) is 2.82. The molecule has 5 heteroatoms. The Morgan fingerprint density at radius 3 is 2.67 bits per heavy atom. The highest BCUT2D eigenvalue weighted by atomic mass is 16.4. The number of carbonyl (C=O) groups is 1. The maximum atomic E-state index is 10.8. The number of hydrogen-bond donors (Lipinski definition) is 3. The molecule has 0 amide bonds. The number of aliphatic hydroxyl groups excluding tert-OH is 1. The molecule has 2 unspecified atom stereocenters. The normalized spacial score (nSPS) is 29.4. The van der Waals surface area contributed by atoms with Crippen LogP contribution in [0.1, 0.15) is 25.7 Å². The Bertz CT molecular complexity index is 281. The quantitative estimate of drug-likeness (QED) is 0.604. The first-order chi connectivity index (χ1) is 8.67. The summed E-state index contributed by atoms with van der Waals surface area (Å²) in [6.07, 6.45) is 4.50. The number of nitrogens with one attached hydrogen (secondary N) is 1. The van der Waals surface area contributed by atoms with Crippen molar-refractivity contribution in [1.29, 1.82) is 0 Å². The molecule has 2 rings (SSSR count). The molecule has 0 aromatic carbocycles. The van der Waals surface area contributed by atoms with Gasteiger partial charge in [0.15, 0.2) is 0 Å². The molecule has 1 saturated heterocycles. The zero-order valence-electron chi connectivity index (χ0n) is 10.8. The third-order valence-corrected chi connectivity index (χ3v) is 3.90. The summed E-state index contributed by atoms with van der Waals surface area (Å²) in [5.74, 6) is 0.497. The predicted molar refractivity (Wildman–Crippen MR) is 68.4 cm³/mol. The largest absolute Gasteiger partial charge is 0.480 e. The summed E-state index contributed by atoms with van der Waals surface area (Å²) >= 11 is 0. The molecule has 2 fully saturated rings. The van der Waals surface area contributed by atoms with Crippen molar-refractivity contribution in [2.45, 2.75) is 31.7 Å². The van der Waals surface area contributed by atoms with E-state index in [9.17, 15) is 4.79 Å². The number of aliphatic hydroxyl groups is 1. The van der Waals surface area contributed by atoms with Gasteiger partial charge in [-0.1, -0.05) is 0 Å². The van der Waals surface area contributed by atoms with E-state index in [0.717, 1.165) is 38.4 Å². The molecule has 0 aromatic rings. The average Bonchev–Trinajstić information content (AvgIpc) is 3.09. The zero-order valence-corrected chi connectivity index (χ0v) is 10.8. The van der Waals surface area contributed by atoms with Crippen LogP contribution in [0, 0.1) is 11.8 Å². The molecule has 0 spiro atoms. The van der Waals surface area contributed by atoms with Crippen molar-refractivity contribution in [2.75, 3.05) is 32.8 Å². The van der Waals surface area contributed by atoms with E-state index >= 15 is 0 Å². The molecular formula is C13H24N2O3. The number of carboxylic acids is 1. The van der Waals surface area contributed by atoms with Gasteiger partial charge in [-0.2, -0.15) is 0 Å². The van der Waals surface area contributed by atoms with Gasteiger partial charge in [-0.25, -0.2) is 0 Å². The molecule has 2 atom stereocenters. The SMILES string of the molecule is O=C(O)CN1CC(CCO)CC(NCC2CC2)C1. The Balaban J connectivity index is 1.81. The fourth-order valence-electron chi connectivity index (χ4n) is 2.82. The number of aliphatic carboxylic acids is 1. The smallest absolute Gasteiger partial charge is 0.317 e. The highest BCUT2D eigenvalue weighted by molar-refractivity contribution is 5.69. The molecule has 0 bridgehead atoms. The van der Waals surface area contributed by atoms with E-state index in [1.54, 1.807) is 0 Å². The minimum atomic E-state index is -0.763. The number of likely N-dealkylation sites (tertiary alicyclic amines) is 1. The van der Waals surface area contributed by atoms with Crippen LogP contribution in [0.4, 0.5) is 0 Å². The standard InChI is InChI=1S/C13H24N2O3/c16-4-3-11-5-12(14-6-10-1-2-10)8-15(7-11)9-13(17)18/h10-12,14,16H,1-9H2,(H,17,18). The molecule has 5 nitrogen and oxygen atoms in total. The third kappa shape index (κ3) is 4.55. The summed E-state index contributed by atoms with van der Waals surface area (Å²) in [5.41, 5.74) is 0. The molecule has 0 radical (unpaired) electrons. The zero-order chi connectivity index (χ0) is 13.0. The van der Waals surface area contributed by atoms with Crippen molar-refractivity contribution in [2.24, 2.45) is 11.8 Å². The summed E-state index contributed by atoms with van der Waals surface area (Å²) in [7, 11) is 0. The summed E-state index contributed by atoms with van der Waals surface area (Å²) in [6, 6.07) is 0.384. The lowest BCUT2D eigenvalue weighted by Crippen LogP contribution is -2.51. The van der Waals surface area contributed by atoms with Gasteiger partial charge in [0, 0.05) is 25.7 Å². The Labute approximate surface area is 108 Å². The minimum absolute atomic E-state index is 0.115. The van der Waals surface area contributed by atoms with Gasteiger partial charge in [-0.3, -0.25) is 9.69 Å². The van der Waals surface area contributed by atoms with Gasteiger partial charge in [-0.15, -0.1) is 0 Å². The number of piperidine rings is 1. The minimum Gasteiger partial charge on any atom is -0.480 e. The van der Waals surface area contributed by atoms with Crippen LogP contribution in [-0.2, 0) is 4.79 Å². The molecule has 1 saturated carbocycles. The van der Waals surface area contributed by atoms with Gasteiger partial charge in [0.1, 0.15) is 0 Å². The highest BCUT2D eigenvalue weighted by Gasteiger charge is 2.29. The van der Waals surface area contributed by atoms with Gasteiger partial charge in [0.25, 0.3) is 0 Å². The fraction of sp³-hybridized carbons (Fsp3) is 0.923. The Kier molecular flexibility index (Phi) is 4.97. The molecule has 104 valence electrons. The van der Waals surface area contributed by atoms with Gasteiger partial charge in [-0.05, 0) is 44.1 Å². The predicted octanol–water partition coefficient (Wildman–Crippen LogP) is 0.144. The van der Waals surface area contributed by atoms with E-state index in [4.69, 9.17) is 10.2 Å². The van der Waals surface area contributed by atoms with Gasteiger partial charge >= 0.3 is 5.97 Å². The van der Waals surface area contributed by atoms with Crippen molar-refractivity contribution in [3.63, 3.8) is 0 Å². The van der Waals surface area contributed by atoms with Crippen molar-refractivity contribution >= 4 is 5.97 Å². The lowest BCUT2D eigenvalue weighted by Gasteiger charge is -2.37. The van der Waals surface area contributed by atoms with E-state index in [-0.39, 0.29) is 13.2 Å². The Hall–Kier alpha value is -0.650. The molecule has 1 aliphatic carbocycles. The van der Waals surface area contributed by atoms with E-state index in [2.05, 4.69) is 5.32 Å². The van der Waals surface area contributed by atoms with E-state index in [1.165, 1.54) is 12.8 Å². The van der Waals surface area contributed by atoms with Crippen molar-refractivity contribution < 1.29 is 15.0 Å². The van der Waals surface area contributed by atoms with Crippen LogP contribution in [-0.4, -0.2) is 59.9 Å². The lowest BCUT2D eigenvalue weighted by atomic mass is 9.91. The third-order valence-electron chi connectivity index (χ3n) is 3.90. The molecule has 1 heterocycles. The second kappa shape index (κ2) is 6.50. The first-order valence-electron chi connectivity index (χ1n) is 6.95. The maximum absolute atomic E-state index is 10.8. The van der Waals surface area contributed by atoms with Gasteiger partial charge in [0.2, 0.25) is 0 Å². The molecule has 3 N–H and O–H groups in total. The number of rotatable bonds is 7. The van der Waals surface area contributed by atoms with Crippen molar-refractivity contribution in [3.8, 4) is 0 Å². The highest BCUT2D eigenvalue weighted by Crippen LogP contribution is 2.28. The van der Waals surface area contributed by atoms with Crippen LogP contribution < -0.4 is 5.32 Å². The first-order valence-corrected chi connectivity index (χ1v) is 6.95. The maximum Gasteiger partial charge on any atom is 0.317 e. The number of carboxylic acid groups (broad SMARTS) is 1.